The molecule has 0 bridgehead atoms. The highest BCUT2D eigenvalue weighted by molar-refractivity contribution is 9.10. The first kappa shape index (κ1) is 21.6. The van der Waals surface area contributed by atoms with Gasteiger partial charge in [0.2, 0.25) is 0 Å². The van der Waals surface area contributed by atoms with Gasteiger partial charge in [0, 0.05) is 10.5 Å². The molecule has 0 fully saturated rings. The number of aldehydes is 1. The lowest BCUT2D eigenvalue weighted by atomic mass is 10.2. The minimum absolute atomic E-state index is 0.419. The second kappa shape index (κ2) is 9.01. The van der Waals surface area contributed by atoms with E-state index in [4.69, 9.17) is 4.74 Å². The molecule has 0 aliphatic carbocycles. The Kier molecular flexibility index (Phi) is 6.95. The van der Waals surface area contributed by atoms with Crippen LogP contribution in [0.2, 0.25) is 0 Å². The Morgan fingerprint density at radius 2 is 2.07 bits per heavy atom. The Hall–Kier alpha value is -2.68. The third-order valence-electron chi connectivity index (χ3n) is 3.42. The number of nitrogens with zero attached hydrogens (tertiary/aromatic N) is 2. The van der Waals surface area contributed by atoms with E-state index in [2.05, 4.69) is 31.7 Å². The third kappa shape index (κ3) is 5.91. The molecule has 2 aromatic rings. The summed E-state index contributed by atoms with van der Waals surface area (Å²) in [6.45, 7) is 6.76. The van der Waals surface area contributed by atoms with E-state index in [0.29, 0.717) is 27.8 Å². The highest BCUT2D eigenvalue weighted by atomic mass is 79.9. The summed E-state index contributed by atoms with van der Waals surface area (Å²) in [5.41, 5.74) is 3.60. The molecule has 0 radical (unpaired) electrons. The number of aromatic nitrogens is 1. The number of hydrazine groups is 1. The van der Waals surface area contributed by atoms with Crippen molar-refractivity contribution >= 4 is 45.4 Å². The Balaban J connectivity index is 2.35. The molecular weight excluding hydrogens is 431 g/mol. The molecule has 0 aliphatic heterocycles. The summed E-state index contributed by atoms with van der Waals surface area (Å²) in [5, 5.41) is 4.14. The van der Waals surface area contributed by atoms with E-state index in [1.807, 2.05) is 0 Å². The number of para-hydroxylation sites is 1. The van der Waals surface area contributed by atoms with Gasteiger partial charge in [-0.15, -0.1) is 0 Å². The van der Waals surface area contributed by atoms with Crippen LogP contribution in [0.1, 0.15) is 27.7 Å². The molecule has 28 heavy (non-hydrogen) atoms. The highest BCUT2D eigenvalue weighted by Gasteiger charge is 2.27. The topological polar surface area (TPSA) is 83.6 Å². The van der Waals surface area contributed by atoms with Crippen molar-refractivity contribution in [1.29, 1.82) is 0 Å². The first-order valence-corrected chi connectivity index (χ1v) is 9.30. The quantitative estimate of drug-likeness (QED) is 0.479. The Bertz CT molecular complexity index is 857. The first-order chi connectivity index (χ1) is 13.1. The zero-order valence-electron chi connectivity index (χ0n) is 16.0. The van der Waals surface area contributed by atoms with E-state index in [-0.39, 0.29) is 0 Å². The number of ether oxygens (including phenoxy) is 1. The summed E-state index contributed by atoms with van der Waals surface area (Å²) < 4.78 is 19.5. The van der Waals surface area contributed by atoms with Crippen molar-refractivity contribution in [2.75, 3.05) is 10.7 Å². The maximum Gasteiger partial charge on any atom is 0.429 e. The number of nitrogens with one attached hydrogen (secondary N) is 2. The molecule has 0 spiro atoms. The monoisotopic (exact) mass is 452 g/mol. The highest BCUT2D eigenvalue weighted by Crippen LogP contribution is 2.34. The zero-order valence-corrected chi connectivity index (χ0v) is 17.6. The van der Waals surface area contributed by atoms with Crippen LogP contribution in [0.4, 0.5) is 26.2 Å². The van der Waals surface area contributed by atoms with Gasteiger partial charge in [-0.2, -0.15) is 0 Å². The second-order valence-electron chi connectivity index (χ2n) is 7.02. The predicted octanol–water partition coefficient (Wildman–Crippen LogP) is 4.88. The standard InChI is InChI=1S/C19H22BrFN4O3/c1-12(11-26)25(18(27)28-19(2,3)4)24-16-7-5-6-15(20)17(16)23-14-8-13(21)9-22-10-14/h5-12,23-24H,1-4H3/t12-/m0/s1. The molecule has 0 unspecified atom stereocenters. The number of anilines is 3. The van der Waals surface area contributed by atoms with Crippen molar-refractivity contribution in [2.45, 2.75) is 39.3 Å². The van der Waals surface area contributed by atoms with Crippen molar-refractivity contribution < 1.29 is 18.7 Å². The summed E-state index contributed by atoms with van der Waals surface area (Å²) in [7, 11) is 0. The van der Waals surface area contributed by atoms with Gasteiger partial charge in [0.1, 0.15) is 23.7 Å². The van der Waals surface area contributed by atoms with Gasteiger partial charge in [0.15, 0.2) is 0 Å². The largest absolute Gasteiger partial charge is 0.442 e. The predicted molar refractivity (Wildman–Crippen MR) is 109 cm³/mol. The molecule has 2 rings (SSSR count). The van der Waals surface area contributed by atoms with Crippen LogP contribution in [0.5, 0.6) is 0 Å². The Morgan fingerprint density at radius 1 is 1.36 bits per heavy atom. The maximum absolute atomic E-state index is 13.5. The van der Waals surface area contributed by atoms with Crippen molar-refractivity contribution in [3.05, 3.63) is 46.9 Å². The van der Waals surface area contributed by atoms with E-state index >= 15 is 0 Å². The van der Waals surface area contributed by atoms with E-state index < -0.39 is 23.6 Å². The summed E-state index contributed by atoms with van der Waals surface area (Å²) in [5.74, 6) is -0.489. The lowest BCUT2D eigenvalue weighted by molar-refractivity contribution is -0.111. The average Bonchev–Trinajstić information content (AvgIpc) is 2.60. The zero-order chi connectivity index (χ0) is 20.9. The summed E-state index contributed by atoms with van der Waals surface area (Å²) in [6.07, 6.45) is 2.48. The van der Waals surface area contributed by atoms with Crippen LogP contribution in [0, 0.1) is 5.82 Å². The van der Waals surface area contributed by atoms with Crippen LogP contribution >= 0.6 is 15.9 Å². The second-order valence-corrected chi connectivity index (χ2v) is 7.87. The van der Waals surface area contributed by atoms with Gasteiger partial charge in [-0.1, -0.05) is 6.07 Å². The lowest BCUT2D eigenvalue weighted by Gasteiger charge is -2.31. The number of rotatable bonds is 6. The fraction of sp³-hybridized carbons (Fsp3) is 0.316. The molecule has 2 N–H and O–H groups in total. The van der Waals surface area contributed by atoms with E-state index in [1.54, 1.807) is 45.9 Å². The van der Waals surface area contributed by atoms with Crippen molar-refractivity contribution in [3.63, 3.8) is 0 Å². The van der Waals surface area contributed by atoms with Gasteiger partial charge in [-0.3, -0.25) is 10.4 Å². The molecule has 1 heterocycles. The molecule has 0 saturated heterocycles. The molecule has 1 atom stereocenters. The number of hydrogen-bond acceptors (Lipinski definition) is 6. The van der Waals surface area contributed by atoms with Crippen LogP contribution in [0.25, 0.3) is 0 Å². The molecule has 0 aliphatic rings. The molecule has 1 aromatic heterocycles. The third-order valence-corrected chi connectivity index (χ3v) is 4.08. The van der Waals surface area contributed by atoms with Crippen LogP contribution in [0.15, 0.2) is 41.1 Å². The lowest BCUT2D eigenvalue weighted by Crippen LogP contribution is -2.46. The van der Waals surface area contributed by atoms with Crippen molar-refractivity contribution in [3.8, 4) is 0 Å². The van der Waals surface area contributed by atoms with Crippen LogP contribution < -0.4 is 10.7 Å². The number of hydrogen-bond donors (Lipinski definition) is 2. The molecule has 1 amide bonds. The van der Waals surface area contributed by atoms with Crippen LogP contribution in [-0.2, 0) is 9.53 Å². The number of halogens is 2. The molecule has 9 heteroatoms. The first-order valence-electron chi connectivity index (χ1n) is 8.51. The normalized spacial score (nSPS) is 12.1. The summed E-state index contributed by atoms with van der Waals surface area (Å²) in [4.78, 5) is 27.7. The number of pyridine rings is 1. The van der Waals surface area contributed by atoms with Crippen molar-refractivity contribution in [2.24, 2.45) is 0 Å². The number of benzene rings is 1. The Labute approximate surface area is 171 Å². The van der Waals surface area contributed by atoms with Gasteiger partial charge >= 0.3 is 6.09 Å². The molecule has 150 valence electrons. The van der Waals surface area contributed by atoms with E-state index in [0.717, 1.165) is 11.2 Å². The smallest absolute Gasteiger partial charge is 0.429 e. The van der Waals surface area contributed by atoms with Gasteiger partial charge in [0.25, 0.3) is 0 Å². The number of carbonyl (C=O) groups is 2. The van der Waals surface area contributed by atoms with Crippen molar-refractivity contribution in [1.82, 2.24) is 9.99 Å². The Morgan fingerprint density at radius 3 is 2.68 bits per heavy atom. The van der Waals surface area contributed by atoms with E-state index in [9.17, 15) is 14.0 Å². The van der Waals surface area contributed by atoms with Gasteiger partial charge in [-0.05, 0) is 55.8 Å². The fourth-order valence-corrected chi connectivity index (χ4v) is 2.65. The summed E-state index contributed by atoms with van der Waals surface area (Å²) in [6, 6.07) is 5.73. The molecule has 7 nitrogen and oxygen atoms in total. The van der Waals surface area contributed by atoms with Gasteiger partial charge < -0.3 is 14.8 Å². The van der Waals surface area contributed by atoms with Gasteiger partial charge in [-0.25, -0.2) is 14.2 Å². The molecule has 1 aromatic carbocycles. The molecule has 0 saturated carbocycles. The SMILES string of the molecule is C[C@@H](C=O)N(Nc1cccc(Br)c1Nc1cncc(F)c1)C(=O)OC(C)(C)C. The van der Waals surface area contributed by atoms with E-state index in [1.165, 1.54) is 12.3 Å². The van der Waals surface area contributed by atoms with Crippen LogP contribution in [0.3, 0.4) is 0 Å². The van der Waals surface area contributed by atoms with Crippen LogP contribution in [-0.4, -0.2) is 34.0 Å². The number of amides is 1. The molecular formula is C19H22BrFN4O3. The maximum atomic E-state index is 13.5. The minimum Gasteiger partial charge on any atom is -0.442 e. The average molecular weight is 453 g/mol. The number of carbonyl (C=O) groups excluding carboxylic acids is 2. The van der Waals surface area contributed by atoms with Gasteiger partial charge in [0.05, 0.1) is 29.5 Å². The minimum atomic E-state index is -0.794. The fourth-order valence-electron chi connectivity index (χ4n) is 2.18. The summed E-state index contributed by atoms with van der Waals surface area (Å²) >= 11 is 3.43.